The Bertz CT molecular complexity index is 276. The van der Waals surface area contributed by atoms with Crippen LogP contribution in [0.2, 0.25) is 0 Å². The van der Waals surface area contributed by atoms with Gasteiger partial charge in [0.1, 0.15) is 0 Å². The van der Waals surface area contributed by atoms with Crippen molar-refractivity contribution in [3.8, 4) is 0 Å². The van der Waals surface area contributed by atoms with E-state index in [1.165, 1.54) is 0 Å². The molecule has 17 heavy (non-hydrogen) atoms. The highest BCUT2D eigenvalue weighted by molar-refractivity contribution is 9.10. The summed E-state index contributed by atoms with van der Waals surface area (Å²) in [6, 6.07) is 0. The molecule has 0 aliphatic heterocycles. The van der Waals surface area contributed by atoms with Crippen molar-refractivity contribution in [3.05, 3.63) is 33.6 Å². The molecule has 0 aliphatic carbocycles. The van der Waals surface area contributed by atoms with E-state index in [1.54, 1.807) is 0 Å². The van der Waals surface area contributed by atoms with E-state index in [0.717, 1.165) is 13.2 Å². The average Bonchev–Trinajstić information content (AvgIpc) is 2.33. The first-order chi connectivity index (χ1) is 7.88. The summed E-state index contributed by atoms with van der Waals surface area (Å²) >= 11 is 2.22. The van der Waals surface area contributed by atoms with Crippen LogP contribution in [0.5, 0.6) is 0 Å². The number of benzene rings is 1. The molecule has 7 heteroatoms. The second-order valence-electron chi connectivity index (χ2n) is 2.67. The average molecular weight is 321 g/mol. The Hall–Kier alpha value is -0.690. The molecule has 1 rings (SSSR count). The minimum Gasteiger partial charge on any atom is -0.382 e. The van der Waals surface area contributed by atoms with E-state index < -0.39 is 33.6 Å². The second kappa shape index (κ2) is 7.60. The van der Waals surface area contributed by atoms with E-state index >= 15 is 0 Å². The van der Waals surface area contributed by atoms with Crippen LogP contribution in [-0.2, 0) is 4.74 Å². The van der Waals surface area contributed by atoms with E-state index in [0.29, 0.717) is 0 Å². The van der Waals surface area contributed by atoms with Crippen molar-refractivity contribution >= 4 is 15.9 Å². The van der Waals surface area contributed by atoms with Crippen LogP contribution in [0.3, 0.4) is 0 Å². The van der Waals surface area contributed by atoms with Gasteiger partial charge in [-0.1, -0.05) is 0 Å². The Morgan fingerprint density at radius 2 is 1.06 bits per heavy atom. The molecule has 0 unspecified atom stereocenters. The predicted molar refractivity (Wildman–Crippen MR) is 56.1 cm³/mol. The molecule has 0 fully saturated rings. The van der Waals surface area contributed by atoms with Crippen molar-refractivity contribution in [2.24, 2.45) is 0 Å². The van der Waals surface area contributed by atoms with Gasteiger partial charge in [-0.15, -0.1) is 0 Å². The highest BCUT2D eigenvalue weighted by atomic mass is 79.9. The van der Waals surface area contributed by atoms with E-state index in [-0.39, 0.29) is 0 Å². The zero-order chi connectivity index (χ0) is 13.6. The van der Waals surface area contributed by atoms with E-state index in [4.69, 9.17) is 4.74 Å². The topological polar surface area (TPSA) is 9.23 Å². The van der Waals surface area contributed by atoms with Crippen LogP contribution in [0.15, 0.2) is 4.47 Å². The molecule has 0 N–H and O–H groups in total. The quantitative estimate of drug-likeness (QED) is 0.451. The molecule has 1 aromatic carbocycles. The molecule has 0 saturated carbocycles. The van der Waals surface area contributed by atoms with Gasteiger partial charge in [0.2, 0.25) is 5.82 Å². The monoisotopic (exact) mass is 320 g/mol. The smallest absolute Gasteiger partial charge is 0.200 e. The van der Waals surface area contributed by atoms with Crippen LogP contribution >= 0.6 is 15.9 Å². The standard InChI is InChI=1S/C6BrF5.C4H10O/c7-1-2(8)4(10)6(12)5(11)3(1)9;1-3-5-4-2/h;3-4H2,1-2H3. The summed E-state index contributed by atoms with van der Waals surface area (Å²) in [4.78, 5) is 0. The van der Waals surface area contributed by atoms with Crippen molar-refractivity contribution in [2.45, 2.75) is 13.8 Å². The molecule has 0 radical (unpaired) electrons. The largest absolute Gasteiger partial charge is 0.382 e. The number of ether oxygens (including phenoxy) is 1. The van der Waals surface area contributed by atoms with Gasteiger partial charge in [0.05, 0.1) is 4.47 Å². The maximum Gasteiger partial charge on any atom is 0.200 e. The molecule has 1 aromatic rings. The van der Waals surface area contributed by atoms with Gasteiger partial charge in [-0.25, -0.2) is 22.0 Å². The van der Waals surface area contributed by atoms with Crippen LogP contribution in [0.25, 0.3) is 0 Å². The van der Waals surface area contributed by atoms with Crippen molar-refractivity contribution in [2.75, 3.05) is 13.2 Å². The lowest BCUT2D eigenvalue weighted by Crippen LogP contribution is -2.01. The van der Waals surface area contributed by atoms with Gasteiger partial charge >= 0.3 is 0 Å². The summed E-state index contributed by atoms with van der Waals surface area (Å²) in [7, 11) is 0. The lowest BCUT2D eigenvalue weighted by atomic mass is 10.3. The summed E-state index contributed by atoms with van der Waals surface area (Å²) in [5.74, 6) is -9.81. The fourth-order valence-corrected chi connectivity index (χ4v) is 1.13. The molecule has 0 heterocycles. The lowest BCUT2D eigenvalue weighted by Gasteiger charge is -2.00. The third-order valence-corrected chi connectivity index (χ3v) is 2.26. The Balaban J connectivity index is 0.000000437. The normalized spacial score (nSPS) is 9.88. The maximum absolute atomic E-state index is 12.4. The van der Waals surface area contributed by atoms with Crippen molar-refractivity contribution < 1.29 is 26.7 Å². The van der Waals surface area contributed by atoms with E-state index in [9.17, 15) is 22.0 Å². The maximum atomic E-state index is 12.4. The van der Waals surface area contributed by atoms with Gasteiger partial charge < -0.3 is 4.74 Å². The summed E-state index contributed by atoms with van der Waals surface area (Å²) in [6.07, 6.45) is 0. The fraction of sp³-hybridized carbons (Fsp3) is 0.400. The fourth-order valence-electron chi connectivity index (χ4n) is 0.782. The van der Waals surface area contributed by atoms with Crippen molar-refractivity contribution in [3.63, 3.8) is 0 Å². The van der Waals surface area contributed by atoms with Gasteiger partial charge in [-0.05, 0) is 29.8 Å². The Morgan fingerprint density at radius 1 is 0.765 bits per heavy atom. The van der Waals surface area contributed by atoms with E-state index in [1.807, 2.05) is 13.8 Å². The first-order valence-electron chi connectivity index (χ1n) is 4.63. The van der Waals surface area contributed by atoms with Gasteiger partial charge in [-0.2, -0.15) is 0 Å². The second-order valence-corrected chi connectivity index (χ2v) is 3.46. The Kier molecular flexibility index (Phi) is 7.29. The minimum absolute atomic E-state index is 0.844. The lowest BCUT2D eigenvalue weighted by molar-refractivity contribution is 0.162. The SMILES string of the molecule is CCOCC.Fc1c(F)c(F)c(Br)c(F)c1F. The molecule has 0 spiro atoms. The third kappa shape index (κ3) is 4.23. The number of hydrogen-bond donors (Lipinski definition) is 0. The van der Waals surface area contributed by atoms with Gasteiger partial charge in [-0.3, -0.25) is 0 Å². The molecule has 98 valence electrons. The highest BCUT2D eigenvalue weighted by Gasteiger charge is 2.23. The van der Waals surface area contributed by atoms with Crippen LogP contribution < -0.4 is 0 Å². The van der Waals surface area contributed by atoms with Crippen molar-refractivity contribution in [1.82, 2.24) is 0 Å². The highest BCUT2D eigenvalue weighted by Crippen LogP contribution is 2.26. The van der Waals surface area contributed by atoms with Crippen LogP contribution in [0.1, 0.15) is 13.8 Å². The summed E-state index contributed by atoms with van der Waals surface area (Å²) in [6.45, 7) is 5.67. The first kappa shape index (κ1) is 16.3. The summed E-state index contributed by atoms with van der Waals surface area (Å²) in [5.41, 5.74) is 0. The summed E-state index contributed by atoms with van der Waals surface area (Å²) < 4.78 is 65.2. The molecule has 1 nitrogen and oxygen atoms in total. The third-order valence-electron chi connectivity index (χ3n) is 1.56. The van der Waals surface area contributed by atoms with Gasteiger partial charge in [0.15, 0.2) is 23.3 Å². The number of hydrogen-bond acceptors (Lipinski definition) is 1. The zero-order valence-electron chi connectivity index (χ0n) is 9.09. The first-order valence-corrected chi connectivity index (χ1v) is 5.42. The molecular weight excluding hydrogens is 311 g/mol. The molecule has 0 aliphatic rings. The molecule has 0 atom stereocenters. The van der Waals surface area contributed by atoms with Crippen LogP contribution in [0, 0.1) is 29.1 Å². The van der Waals surface area contributed by atoms with Gasteiger partial charge in [0, 0.05) is 13.2 Å². The molecular formula is C10H10BrF5O. The molecule has 0 saturated heterocycles. The zero-order valence-corrected chi connectivity index (χ0v) is 10.7. The Morgan fingerprint density at radius 3 is 1.29 bits per heavy atom. The molecule has 0 aromatic heterocycles. The molecule has 0 bridgehead atoms. The Labute approximate surface area is 104 Å². The predicted octanol–water partition coefficient (Wildman–Crippen LogP) is 4.19. The van der Waals surface area contributed by atoms with Crippen LogP contribution in [0.4, 0.5) is 22.0 Å². The van der Waals surface area contributed by atoms with E-state index in [2.05, 4.69) is 15.9 Å². The van der Waals surface area contributed by atoms with Crippen molar-refractivity contribution in [1.29, 1.82) is 0 Å². The van der Waals surface area contributed by atoms with Crippen LogP contribution in [-0.4, -0.2) is 13.2 Å². The number of rotatable bonds is 2. The summed E-state index contributed by atoms with van der Waals surface area (Å²) in [5, 5.41) is 0. The molecule has 0 amide bonds. The van der Waals surface area contributed by atoms with Gasteiger partial charge in [0.25, 0.3) is 0 Å². The minimum atomic E-state index is -2.16. The number of halogens is 6.